The van der Waals surface area contributed by atoms with Gasteiger partial charge in [0.2, 0.25) is 0 Å². The van der Waals surface area contributed by atoms with E-state index in [-0.39, 0.29) is 0 Å². The van der Waals surface area contributed by atoms with E-state index >= 15 is 0 Å². The maximum absolute atomic E-state index is 8.57. The van der Waals surface area contributed by atoms with Gasteiger partial charge in [0.25, 0.3) is 0 Å². The molecule has 4 rings (SSSR count). The van der Waals surface area contributed by atoms with Gasteiger partial charge in [0.05, 0.1) is 1.37 Å². The van der Waals surface area contributed by atoms with Crippen molar-refractivity contribution in [1.29, 1.82) is 0 Å². The van der Waals surface area contributed by atoms with E-state index in [0.717, 1.165) is 27.5 Å². The minimum atomic E-state index is -0.479. The number of benzene rings is 1. The van der Waals surface area contributed by atoms with Gasteiger partial charge < -0.3 is 9.55 Å². The highest BCUT2D eigenvalue weighted by molar-refractivity contribution is 5.82. The number of fused-ring (bicyclic) bond motifs is 2. The van der Waals surface area contributed by atoms with Crippen LogP contribution in [0.15, 0.2) is 61.1 Å². The summed E-state index contributed by atoms with van der Waals surface area (Å²) in [5.74, 6) is 0. The summed E-state index contributed by atoms with van der Waals surface area (Å²) in [5, 5.41) is 2.16. The SMILES string of the molecule is [2H]C(c1c[nH]c2ncccc12)n1ccc2ccccc21. The Balaban J connectivity index is 1.90. The van der Waals surface area contributed by atoms with Crippen molar-refractivity contribution in [3.8, 4) is 0 Å². The van der Waals surface area contributed by atoms with Crippen LogP contribution >= 0.6 is 0 Å². The smallest absolute Gasteiger partial charge is 0.137 e. The average molecular weight is 248 g/mol. The molecule has 0 radical (unpaired) electrons. The van der Waals surface area contributed by atoms with Crippen molar-refractivity contribution in [3.05, 3.63) is 66.6 Å². The topological polar surface area (TPSA) is 33.6 Å². The fraction of sp³-hybridized carbons (Fsp3) is 0.0625. The van der Waals surface area contributed by atoms with Gasteiger partial charge in [0.15, 0.2) is 0 Å². The molecule has 0 saturated heterocycles. The Morgan fingerprint density at radius 2 is 2.11 bits per heavy atom. The summed E-state index contributed by atoms with van der Waals surface area (Å²) < 4.78 is 10.5. The molecule has 3 nitrogen and oxygen atoms in total. The highest BCUT2D eigenvalue weighted by Gasteiger charge is 2.06. The number of nitrogens with zero attached hydrogens (tertiary/aromatic N) is 2. The third-order valence-corrected chi connectivity index (χ3v) is 3.39. The first-order valence-electron chi connectivity index (χ1n) is 6.82. The van der Waals surface area contributed by atoms with Crippen molar-refractivity contribution >= 4 is 21.9 Å². The number of nitrogens with one attached hydrogen (secondary N) is 1. The summed E-state index contributed by atoms with van der Waals surface area (Å²) in [6.45, 7) is -0.479. The summed E-state index contributed by atoms with van der Waals surface area (Å²) in [7, 11) is 0. The first-order chi connectivity index (χ1) is 9.84. The molecule has 3 heteroatoms. The lowest BCUT2D eigenvalue weighted by atomic mass is 10.2. The molecule has 1 atom stereocenters. The van der Waals surface area contributed by atoms with Crippen LogP contribution in [0.3, 0.4) is 0 Å². The number of para-hydroxylation sites is 1. The quantitative estimate of drug-likeness (QED) is 0.578. The molecule has 19 heavy (non-hydrogen) atoms. The molecular weight excluding hydrogens is 234 g/mol. The number of aromatic nitrogens is 3. The molecule has 0 bridgehead atoms. The number of H-pyrrole nitrogens is 1. The van der Waals surface area contributed by atoms with Gasteiger partial charge in [0.1, 0.15) is 5.65 Å². The second-order valence-electron chi connectivity index (χ2n) is 4.55. The minimum absolute atomic E-state index is 0.479. The fourth-order valence-electron chi connectivity index (χ4n) is 2.45. The van der Waals surface area contributed by atoms with Crippen LogP contribution in [0, 0.1) is 0 Å². The van der Waals surface area contributed by atoms with E-state index in [1.54, 1.807) is 6.20 Å². The van der Waals surface area contributed by atoms with E-state index in [2.05, 4.69) is 16.0 Å². The Bertz CT molecular complexity index is 817. The molecule has 0 amide bonds. The van der Waals surface area contributed by atoms with Gasteiger partial charge in [-0.05, 0) is 35.2 Å². The van der Waals surface area contributed by atoms with Gasteiger partial charge in [-0.3, -0.25) is 0 Å². The van der Waals surface area contributed by atoms with Gasteiger partial charge in [-0.2, -0.15) is 0 Å². The number of hydrogen-bond acceptors (Lipinski definition) is 1. The predicted octanol–water partition coefficient (Wildman–Crippen LogP) is 3.57. The van der Waals surface area contributed by atoms with Gasteiger partial charge in [-0.25, -0.2) is 4.98 Å². The maximum atomic E-state index is 8.57. The zero-order valence-electron chi connectivity index (χ0n) is 11.2. The van der Waals surface area contributed by atoms with Crippen LogP contribution in [0.5, 0.6) is 0 Å². The average Bonchev–Trinajstić information content (AvgIpc) is 3.11. The molecule has 0 saturated carbocycles. The molecule has 0 aliphatic carbocycles. The van der Waals surface area contributed by atoms with Crippen LogP contribution < -0.4 is 0 Å². The van der Waals surface area contributed by atoms with Crippen LogP contribution in [0.25, 0.3) is 21.9 Å². The second-order valence-corrected chi connectivity index (χ2v) is 4.55. The van der Waals surface area contributed by atoms with E-state index in [1.165, 1.54) is 0 Å². The number of hydrogen-bond donors (Lipinski definition) is 1. The van der Waals surface area contributed by atoms with Crippen LogP contribution in [-0.2, 0) is 6.52 Å². The van der Waals surface area contributed by atoms with Gasteiger partial charge in [-0.1, -0.05) is 18.2 Å². The van der Waals surface area contributed by atoms with E-state index < -0.39 is 6.52 Å². The summed E-state index contributed by atoms with van der Waals surface area (Å²) in [6, 6.07) is 14.1. The lowest BCUT2D eigenvalue weighted by Gasteiger charge is -2.04. The van der Waals surface area contributed by atoms with Crippen LogP contribution in [-0.4, -0.2) is 14.5 Å². The van der Waals surface area contributed by atoms with Gasteiger partial charge in [-0.15, -0.1) is 0 Å². The summed E-state index contributed by atoms with van der Waals surface area (Å²) >= 11 is 0. The Labute approximate surface area is 111 Å². The van der Waals surface area contributed by atoms with Crippen LogP contribution in [0.4, 0.5) is 0 Å². The highest BCUT2D eigenvalue weighted by Crippen LogP contribution is 2.20. The van der Waals surface area contributed by atoms with Crippen molar-refractivity contribution in [2.45, 2.75) is 6.52 Å². The Morgan fingerprint density at radius 1 is 1.16 bits per heavy atom. The van der Waals surface area contributed by atoms with Crippen molar-refractivity contribution in [1.82, 2.24) is 14.5 Å². The molecular formula is C16H13N3. The second kappa shape index (κ2) is 3.99. The van der Waals surface area contributed by atoms with Crippen molar-refractivity contribution in [2.75, 3.05) is 0 Å². The van der Waals surface area contributed by atoms with Crippen molar-refractivity contribution in [3.63, 3.8) is 0 Å². The van der Waals surface area contributed by atoms with Crippen LogP contribution in [0.1, 0.15) is 6.93 Å². The van der Waals surface area contributed by atoms with Gasteiger partial charge in [0, 0.05) is 36.0 Å². The highest BCUT2D eigenvalue weighted by atomic mass is 15.0. The molecule has 0 aliphatic heterocycles. The Hall–Kier alpha value is -2.55. The zero-order valence-corrected chi connectivity index (χ0v) is 10.2. The van der Waals surface area contributed by atoms with Gasteiger partial charge >= 0.3 is 0 Å². The lowest BCUT2D eigenvalue weighted by molar-refractivity contribution is 0.843. The van der Waals surface area contributed by atoms with E-state index in [4.69, 9.17) is 1.37 Å². The third-order valence-electron chi connectivity index (χ3n) is 3.39. The molecule has 1 N–H and O–H groups in total. The molecule has 92 valence electrons. The molecule has 0 spiro atoms. The first-order valence-corrected chi connectivity index (χ1v) is 6.24. The van der Waals surface area contributed by atoms with Crippen LogP contribution in [0.2, 0.25) is 0 Å². The van der Waals surface area contributed by atoms with Crippen molar-refractivity contribution < 1.29 is 1.37 Å². The standard InChI is InChI=1S/C16H13N3/c1-2-6-15-12(4-1)7-9-19(15)11-13-10-18-16-14(13)5-3-8-17-16/h1-10H,11H2,(H,17,18)/i11D. The number of rotatable bonds is 2. The lowest BCUT2D eigenvalue weighted by Crippen LogP contribution is -1.96. The molecule has 1 aromatic carbocycles. The molecule has 4 aromatic rings. The molecule has 1 unspecified atom stereocenters. The third kappa shape index (κ3) is 1.63. The summed E-state index contributed by atoms with van der Waals surface area (Å²) in [5.41, 5.74) is 2.84. The fourth-order valence-corrected chi connectivity index (χ4v) is 2.45. The normalized spacial score (nSPS) is 13.8. The number of pyridine rings is 1. The predicted molar refractivity (Wildman–Crippen MR) is 77.1 cm³/mol. The Morgan fingerprint density at radius 3 is 3.11 bits per heavy atom. The molecule has 0 aliphatic rings. The Kier molecular flexibility index (Phi) is 1.97. The maximum Gasteiger partial charge on any atom is 0.137 e. The first kappa shape index (κ1) is 9.39. The molecule has 3 aromatic heterocycles. The van der Waals surface area contributed by atoms with E-state index in [9.17, 15) is 0 Å². The minimum Gasteiger partial charge on any atom is -0.346 e. The number of aromatic amines is 1. The summed E-state index contributed by atoms with van der Waals surface area (Å²) in [6.07, 6.45) is 5.61. The monoisotopic (exact) mass is 248 g/mol. The molecule has 3 heterocycles. The van der Waals surface area contributed by atoms with E-state index in [1.807, 2.05) is 53.4 Å². The summed E-state index contributed by atoms with van der Waals surface area (Å²) in [4.78, 5) is 7.41. The molecule has 0 fully saturated rings. The zero-order chi connectivity index (χ0) is 13.5. The van der Waals surface area contributed by atoms with Crippen molar-refractivity contribution in [2.24, 2.45) is 0 Å². The van der Waals surface area contributed by atoms with E-state index in [0.29, 0.717) is 0 Å². The largest absolute Gasteiger partial charge is 0.346 e.